The summed E-state index contributed by atoms with van der Waals surface area (Å²) in [6.07, 6.45) is 6.97. The van der Waals surface area contributed by atoms with Crippen molar-refractivity contribution in [2.45, 2.75) is 25.9 Å². The maximum atomic E-state index is 12.5. The van der Waals surface area contributed by atoms with Crippen molar-refractivity contribution < 1.29 is 14.3 Å². The van der Waals surface area contributed by atoms with E-state index in [9.17, 15) is 4.79 Å². The summed E-state index contributed by atoms with van der Waals surface area (Å²) >= 11 is 0. The first kappa shape index (κ1) is 19.1. The van der Waals surface area contributed by atoms with Gasteiger partial charge in [0.15, 0.2) is 0 Å². The van der Waals surface area contributed by atoms with Crippen molar-refractivity contribution in [3.8, 4) is 11.5 Å². The normalized spacial score (nSPS) is 16.2. The van der Waals surface area contributed by atoms with Gasteiger partial charge >= 0.3 is 6.03 Å². The zero-order valence-electron chi connectivity index (χ0n) is 16.6. The fourth-order valence-corrected chi connectivity index (χ4v) is 3.73. The number of pyridine rings is 1. The number of aromatic nitrogens is 2. The second kappa shape index (κ2) is 8.86. The van der Waals surface area contributed by atoms with E-state index in [-0.39, 0.29) is 12.1 Å². The van der Waals surface area contributed by atoms with Crippen LogP contribution in [-0.4, -0.2) is 53.2 Å². The lowest BCUT2D eigenvalue weighted by Crippen LogP contribution is -2.40. The van der Waals surface area contributed by atoms with Gasteiger partial charge in [0, 0.05) is 42.8 Å². The molecule has 4 rings (SSSR count). The second-order valence-electron chi connectivity index (χ2n) is 7.07. The topological polar surface area (TPSA) is 79.5 Å². The molecule has 1 atom stereocenters. The third kappa shape index (κ3) is 4.45. The van der Waals surface area contributed by atoms with Crippen LogP contribution in [0.4, 0.5) is 4.79 Å². The Bertz CT molecular complexity index is 957. The largest absolute Gasteiger partial charge is 0.493 e. The Kier molecular flexibility index (Phi) is 5.84. The molecule has 2 aromatic heterocycles. The minimum absolute atomic E-state index is 0.00678. The highest BCUT2D eigenvalue weighted by Crippen LogP contribution is 2.29. The maximum Gasteiger partial charge on any atom is 0.317 e. The molecule has 7 nitrogen and oxygen atoms in total. The van der Waals surface area contributed by atoms with Crippen LogP contribution in [0.3, 0.4) is 0 Å². The number of benzene rings is 1. The van der Waals surface area contributed by atoms with Gasteiger partial charge in [-0.1, -0.05) is 6.07 Å². The Hall–Kier alpha value is -3.22. The van der Waals surface area contributed by atoms with Crippen LogP contribution in [0.5, 0.6) is 11.5 Å². The zero-order chi connectivity index (χ0) is 20.1. The standard InChI is InChI=1S/C22H26N4O3/c1-2-28-20-7-3-6-19-21(20)16(13-25-19)8-11-24-22(27)26-12-9-18(15-26)29-17-5-4-10-23-14-17/h3-7,10,13-14,18,25H,2,8-9,11-12,15H2,1H3,(H,24,27)/t18-/m1/s1. The first-order valence-electron chi connectivity index (χ1n) is 10.1. The molecule has 2 N–H and O–H groups in total. The number of H-pyrrole nitrogens is 1. The van der Waals surface area contributed by atoms with Gasteiger partial charge in [-0.25, -0.2) is 4.79 Å². The number of likely N-dealkylation sites (tertiary alicyclic amines) is 1. The zero-order valence-corrected chi connectivity index (χ0v) is 16.6. The van der Waals surface area contributed by atoms with Crippen molar-refractivity contribution in [1.29, 1.82) is 0 Å². The first-order valence-corrected chi connectivity index (χ1v) is 10.1. The lowest BCUT2D eigenvalue weighted by atomic mass is 10.1. The summed E-state index contributed by atoms with van der Waals surface area (Å²) in [7, 11) is 0. The fourth-order valence-electron chi connectivity index (χ4n) is 3.73. The van der Waals surface area contributed by atoms with Crippen LogP contribution in [0.15, 0.2) is 48.9 Å². The molecule has 29 heavy (non-hydrogen) atoms. The number of carbonyl (C=O) groups is 1. The van der Waals surface area contributed by atoms with E-state index in [1.165, 1.54) is 0 Å². The summed E-state index contributed by atoms with van der Waals surface area (Å²) < 4.78 is 11.7. The van der Waals surface area contributed by atoms with E-state index >= 15 is 0 Å². The van der Waals surface area contributed by atoms with Gasteiger partial charge in [0.05, 0.1) is 19.3 Å². The molecule has 3 aromatic rings. The highest BCUT2D eigenvalue weighted by atomic mass is 16.5. The van der Waals surface area contributed by atoms with Crippen LogP contribution < -0.4 is 14.8 Å². The molecule has 1 aliphatic heterocycles. The Morgan fingerprint density at radius 3 is 3.10 bits per heavy atom. The Labute approximate surface area is 170 Å². The molecular formula is C22H26N4O3. The average Bonchev–Trinajstić information content (AvgIpc) is 3.37. The van der Waals surface area contributed by atoms with Gasteiger partial charge in [-0.3, -0.25) is 4.98 Å². The molecule has 1 aromatic carbocycles. The number of aromatic amines is 1. The molecule has 0 aliphatic carbocycles. The third-order valence-corrected chi connectivity index (χ3v) is 5.09. The highest BCUT2D eigenvalue weighted by molar-refractivity contribution is 5.89. The quantitative estimate of drug-likeness (QED) is 0.644. The van der Waals surface area contributed by atoms with E-state index in [1.807, 2.05) is 48.4 Å². The number of hydrogen-bond donors (Lipinski definition) is 2. The molecule has 1 aliphatic rings. The molecule has 2 amide bonds. The molecular weight excluding hydrogens is 368 g/mol. The molecule has 0 radical (unpaired) electrons. The number of carbonyl (C=O) groups excluding carboxylic acids is 1. The summed E-state index contributed by atoms with van der Waals surface area (Å²) in [5.74, 6) is 1.62. The molecule has 3 heterocycles. The lowest BCUT2D eigenvalue weighted by molar-refractivity contribution is 0.187. The number of urea groups is 1. The summed E-state index contributed by atoms with van der Waals surface area (Å²) in [5.41, 5.74) is 2.19. The second-order valence-corrected chi connectivity index (χ2v) is 7.07. The van der Waals surface area contributed by atoms with E-state index in [4.69, 9.17) is 9.47 Å². The van der Waals surface area contributed by atoms with E-state index < -0.39 is 0 Å². The first-order chi connectivity index (χ1) is 14.2. The van der Waals surface area contributed by atoms with Crippen LogP contribution in [0, 0.1) is 0 Å². The minimum Gasteiger partial charge on any atom is -0.493 e. The molecule has 152 valence electrons. The number of nitrogens with zero attached hydrogens (tertiary/aromatic N) is 2. The Morgan fingerprint density at radius 2 is 2.28 bits per heavy atom. The molecule has 1 fully saturated rings. The van der Waals surface area contributed by atoms with Gasteiger partial charge in [0.25, 0.3) is 0 Å². The van der Waals surface area contributed by atoms with Gasteiger partial charge in [-0.2, -0.15) is 0 Å². The summed E-state index contributed by atoms with van der Waals surface area (Å²) in [6.45, 7) is 4.45. The SMILES string of the molecule is CCOc1cccc2[nH]cc(CCNC(=O)N3CC[C@@H](Oc4cccnc4)C3)c12. The van der Waals surface area contributed by atoms with Gasteiger partial charge in [0.1, 0.15) is 17.6 Å². The van der Waals surface area contributed by atoms with Gasteiger partial charge in [-0.15, -0.1) is 0 Å². The molecule has 0 saturated carbocycles. The monoisotopic (exact) mass is 394 g/mol. The lowest BCUT2D eigenvalue weighted by Gasteiger charge is -2.18. The number of amides is 2. The van der Waals surface area contributed by atoms with Crippen LogP contribution in [0.1, 0.15) is 18.9 Å². The Morgan fingerprint density at radius 1 is 1.34 bits per heavy atom. The molecule has 0 spiro atoms. The van der Waals surface area contributed by atoms with E-state index in [0.717, 1.165) is 40.8 Å². The van der Waals surface area contributed by atoms with Crippen molar-refractivity contribution in [2.24, 2.45) is 0 Å². The average molecular weight is 394 g/mol. The maximum absolute atomic E-state index is 12.5. The van der Waals surface area contributed by atoms with E-state index in [2.05, 4.69) is 15.3 Å². The number of nitrogens with one attached hydrogen (secondary N) is 2. The van der Waals surface area contributed by atoms with Crippen molar-refractivity contribution in [3.05, 3.63) is 54.5 Å². The smallest absolute Gasteiger partial charge is 0.317 e. The van der Waals surface area contributed by atoms with Gasteiger partial charge in [0.2, 0.25) is 0 Å². The van der Waals surface area contributed by atoms with Crippen LogP contribution in [-0.2, 0) is 6.42 Å². The summed E-state index contributed by atoms with van der Waals surface area (Å²) in [4.78, 5) is 21.7. The highest BCUT2D eigenvalue weighted by Gasteiger charge is 2.27. The van der Waals surface area contributed by atoms with Crippen LogP contribution >= 0.6 is 0 Å². The predicted molar refractivity (Wildman–Crippen MR) is 111 cm³/mol. The number of ether oxygens (including phenoxy) is 2. The van der Waals surface area contributed by atoms with Crippen molar-refractivity contribution in [2.75, 3.05) is 26.2 Å². The minimum atomic E-state index is -0.0489. The summed E-state index contributed by atoms with van der Waals surface area (Å²) in [5, 5.41) is 4.12. The fraction of sp³-hybridized carbons (Fsp3) is 0.364. The van der Waals surface area contributed by atoms with E-state index in [0.29, 0.717) is 26.2 Å². The third-order valence-electron chi connectivity index (χ3n) is 5.09. The number of fused-ring (bicyclic) bond motifs is 1. The summed E-state index contributed by atoms with van der Waals surface area (Å²) in [6, 6.07) is 9.67. The number of hydrogen-bond acceptors (Lipinski definition) is 4. The van der Waals surface area contributed by atoms with Crippen LogP contribution in [0.2, 0.25) is 0 Å². The van der Waals surface area contributed by atoms with Crippen molar-refractivity contribution in [1.82, 2.24) is 20.2 Å². The molecule has 1 saturated heterocycles. The number of rotatable bonds is 7. The van der Waals surface area contributed by atoms with Crippen LogP contribution in [0.25, 0.3) is 10.9 Å². The van der Waals surface area contributed by atoms with Gasteiger partial charge < -0.3 is 24.7 Å². The Balaban J connectivity index is 1.29. The van der Waals surface area contributed by atoms with Crippen molar-refractivity contribution >= 4 is 16.9 Å². The predicted octanol–water partition coefficient (Wildman–Crippen LogP) is 3.37. The molecule has 0 bridgehead atoms. The van der Waals surface area contributed by atoms with Crippen molar-refractivity contribution in [3.63, 3.8) is 0 Å². The van der Waals surface area contributed by atoms with E-state index in [1.54, 1.807) is 12.4 Å². The van der Waals surface area contributed by atoms with Gasteiger partial charge in [-0.05, 0) is 43.2 Å². The molecule has 0 unspecified atom stereocenters. The molecule has 7 heteroatoms.